The van der Waals surface area contributed by atoms with Crippen molar-refractivity contribution < 1.29 is 4.79 Å². The van der Waals surface area contributed by atoms with E-state index in [0.29, 0.717) is 0 Å². The number of amides is 1. The number of rotatable bonds is 3. The third kappa shape index (κ3) is 3.20. The molecule has 0 N–H and O–H groups in total. The van der Waals surface area contributed by atoms with Gasteiger partial charge in [-0.1, -0.05) is 29.3 Å². The van der Waals surface area contributed by atoms with Gasteiger partial charge in [0.15, 0.2) is 0 Å². The first kappa shape index (κ1) is 9.95. The quantitative estimate of drug-likeness (QED) is 0.645. The van der Waals surface area contributed by atoms with Gasteiger partial charge in [-0.05, 0) is 6.42 Å². The summed E-state index contributed by atoms with van der Waals surface area (Å²) in [5, 5.41) is 0. The minimum absolute atomic E-state index is 0.00694. The normalized spacial score (nSPS) is 12.8. The molecule has 0 heterocycles. The molecule has 0 radical (unpaired) electrons. The molecule has 60 valence electrons. The highest BCUT2D eigenvalue weighted by molar-refractivity contribution is 9.10. The molecule has 0 saturated heterocycles. The molecule has 0 spiro atoms. The van der Waals surface area contributed by atoms with Crippen LogP contribution in [0.1, 0.15) is 19.8 Å². The fourth-order valence-electron chi connectivity index (χ4n) is 0.657. The molecule has 0 aromatic carbocycles. The summed E-state index contributed by atoms with van der Waals surface area (Å²) < 4.78 is 0. The summed E-state index contributed by atoms with van der Waals surface area (Å²) in [6.07, 6.45) is 1.95. The van der Waals surface area contributed by atoms with E-state index >= 15 is 0 Å². The van der Waals surface area contributed by atoms with E-state index in [0.717, 1.165) is 12.8 Å². The van der Waals surface area contributed by atoms with Gasteiger partial charge in [0, 0.05) is 14.1 Å². The Labute approximate surface area is 70.7 Å². The molecule has 0 saturated carbocycles. The summed E-state index contributed by atoms with van der Waals surface area (Å²) in [6.45, 7) is 2.07. The molecule has 0 bridgehead atoms. The number of halogens is 1. The lowest BCUT2D eigenvalue weighted by Crippen LogP contribution is -2.29. The van der Waals surface area contributed by atoms with Crippen LogP contribution in [-0.2, 0) is 4.79 Å². The van der Waals surface area contributed by atoms with Gasteiger partial charge in [-0.2, -0.15) is 0 Å². The van der Waals surface area contributed by atoms with Crippen molar-refractivity contribution >= 4 is 21.8 Å². The van der Waals surface area contributed by atoms with E-state index in [1.807, 2.05) is 0 Å². The zero-order chi connectivity index (χ0) is 8.15. The molecule has 1 atom stereocenters. The predicted octanol–water partition coefficient (Wildman–Crippen LogP) is 1.64. The molecule has 0 aromatic rings. The summed E-state index contributed by atoms with van der Waals surface area (Å²) in [5.41, 5.74) is 0. The van der Waals surface area contributed by atoms with Crippen LogP contribution in [0.15, 0.2) is 0 Å². The summed E-state index contributed by atoms with van der Waals surface area (Å²) in [6, 6.07) is 0. The average molecular weight is 208 g/mol. The largest absolute Gasteiger partial charge is 0.348 e. The first-order valence-corrected chi connectivity index (χ1v) is 4.36. The van der Waals surface area contributed by atoms with Crippen molar-refractivity contribution in [1.82, 2.24) is 4.90 Å². The van der Waals surface area contributed by atoms with Crippen LogP contribution in [0.2, 0.25) is 0 Å². The van der Waals surface area contributed by atoms with Crippen molar-refractivity contribution in [3.05, 3.63) is 0 Å². The summed E-state index contributed by atoms with van der Waals surface area (Å²) in [5.74, 6) is 0.154. The maximum Gasteiger partial charge on any atom is 0.235 e. The van der Waals surface area contributed by atoms with Crippen molar-refractivity contribution in [2.75, 3.05) is 14.1 Å². The second-order valence-electron chi connectivity index (χ2n) is 2.49. The Kier molecular flexibility index (Phi) is 4.69. The van der Waals surface area contributed by atoms with Gasteiger partial charge in [0.25, 0.3) is 0 Å². The molecular formula is C7H14BrNO. The summed E-state index contributed by atoms with van der Waals surface area (Å²) in [4.78, 5) is 12.7. The SMILES string of the molecule is CCC[C@H](Br)C(=O)N(C)C. The van der Waals surface area contributed by atoms with Crippen molar-refractivity contribution in [3.63, 3.8) is 0 Å². The molecule has 0 rings (SSSR count). The third-order valence-electron chi connectivity index (χ3n) is 1.25. The van der Waals surface area contributed by atoms with E-state index in [1.54, 1.807) is 19.0 Å². The molecule has 0 aliphatic carbocycles. The van der Waals surface area contributed by atoms with E-state index in [1.165, 1.54) is 0 Å². The Morgan fingerprint density at radius 1 is 1.60 bits per heavy atom. The average Bonchev–Trinajstić information content (AvgIpc) is 1.87. The first-order valence-electron chi connectivity index (χ1n) is 3.44. The van der Waals surface area contributed by atoms with E-state index in [2.05, 4.69) is 22.9 Å². The van der Waals surface area contributed by atoms with Crippen molar-refractivity contribution in [2.45, 2.75) is 24.6 Å². The number of hydrogen-bond acceptors (Lipinski definition) is 1. The number of carbonyl (C=O) groups excluding carboxylic acids is 1. The maximum absolute atomic E-state index is 11.1. The van der Waals surface area contributed by atoms with Crippen LogP contribution in [0, 0.1) is 0 Å². The lowest BCUT2D eigenvalue weighted by atomic mass is 10.2. The summed E-state index contributed by atoms with van der Waals surface area (Å²) >= 11 is 3.31. The van der Waals surface area contributed by atoms with Gasteiger partial charge in [0.05, 0.1) is 4.83 Å². The number of carbonyl (C=O) groups is 1. The van der Waals surface area contributed by atoms with Gasteiger partial charge in [0.2, 0.25) is 5.91 Å². The molecule has 0 fully saturated rings. The minimum atomic E-state index is 0.00694. The molecular weight excluding hydrogens is 194 g/mol. The van der Waals surface area contributed by atoms with Gasteiger partial charge in [-0.3, -0.25) is 4.79 Å². The van der Waals surface area contributed by atoms with Gasteiger partial charge in [0.1, 0.15) is 0 Å². The molecule has 3 heteroatoms. The number of alkyl halides is 1. The third-order valence-corrected chi connectivity index (χ3v) is 2.10. The van der Waals surface area contributed by atoms with Gasteiger partial charge >= 0.3 is 0 Å². The van der Waals surface area contributed by atoms with Crippen LogP contribution >= 0.6 is 15.9 Å². The van der Waals surface area contributed by atoms with Gasteiger partial charge in [-0.15, -0.1) is 0 Å². The van der Waals surface area contributed by atoms with E-state index in [4.69, 9.17) is 0 Å². The fourth-order valence-corrected chi connectivity index (χ4v) is 1.52. The van der Waals surface area contributed by atoms with Crippen LogP contribution in [0.3, 0.4) is 0 Å². The molecule has 2 nitrogen and oxygen atoms in total. The van der Waals surface area contributed by atoms with Crippen molar-refractivity contribution in [3.8, 4) is 0 Å². The van der Waals surface area contributed by atoms with Crippen LogP contribution in [0.5, 0.6) is 0 Å². The molecule has 0 aliphatic rings. The summed E-state index contributed by atoms with van der Waals surface area (Å²) in [7, 11) is 3.54. The Morgan fingerprint density at radius 2 is 2.10 bits per heavy atom. The Bertz CT molecular complexity index is 114. The standard InChI is InChI=1S/C7H14BrNO/c1-4-5-6(8)7(10)9(2)3/h6H,4-5H2,1-3H3/t6-/m0/s1. The van der Waals surface area contributed by atoms with Crippen LogP contribution in [0.25, 0.3) is 0 Å². The van der Waals surface area contributed by atoms with Crippen molar-refractivity contribution in [2.24, 2.45) is 0 Å². The zero-order valence-electron chi connectivity index (χ0n) is 6.72. The molecule has 0 aromatic heterocycles. The predicted molar refractivity (Wildman–Crippen MR) is 46.3 cm³/mol. The van der Waals surface area contributed by atoms with Crippen LogP contribution < -0.4 is 0 Å². The number of hydrogen-bond donors (Lipinski definition) is 0. The topological polar surface area (TPSA) is 20.3 Å². The number of nitrogens with zero attached hydrogens (tertiary/aromatic N) is 1. The Balaban J connectivity index is 3.71. The second-order valence-corrected chi connectivity index (χ2v) is 3.59. The van der Waals surface area contributed by atoms with Gasteiger partial charge < -0.3 is 4.90 Å². The maximum atomic E-state index is 11.1. The highest BCUT2D eigenvalue weighted by atomic mass is 79.9. The van der Waals surface area contributed by atoms with Crippen molar-refractivity contribution in [1.29, 1.82) is 0 Å². The fraction of sp³-hybridized carbons (Fsp3) is 0.857. The highest BCUT2D eigenvalue weighted by Crippen LogP contribution is 2.09. The Morgan fingerprint density at radius 3 is 2.40 bits per heavy atom. The Hall–Kier alpha value is -0.0500. The smallest absolute Gasteiger partial charge is 0.235 e. The molecule has 0 unspecified atom stereocenters. The van der Waals surface area contributed by atoms with E-state index < -0.39 is 0 Å². The minimum Gasteiger partial charge on any atom is -0.348 e. The lowest BCUT2D eigenvalue weighted by Gasteiger charge is -2.14. The highest BCUT2D eigenvalue weighted by Gasteiger charge is 2.14. The lowest BCUT2D eigenvalue weighted by molar-refractivity contribution is -0.128. The molecule has 0 aliphatic heterocycles. The zero-order valence-corrected chi connectivity index (χ0v) is 8.31. The monoisotopic (exact) mass is 207 g/mol. The molecule has 10 heavy (non-hydrogen) atoms. The first-order chi connectivity index (χ1) is 4.59. The van der Waals surface area contributed by atoms with E-state index in [-0.39, 0.29) is 10.7 Å². The molecule has 1 amide bonds. The van der Waals surface area contributed by atoms with E-state index in [9.17, 15) is 4.79 Å². The van der Waals surface area contributed by atoms with Crippen LogP contribution in [0.4, 0.5) is 0 Å². The van der Waals surface area contributed by atoms with Crippen LogP contribution in [-0.4, -0.2) is 29.7 Å². The second kappa shape index (κ2) is 4.72. The van der Waals surface area contributed by atoms with Gasteiger partial charge in [-0.25, -0.2) is 0 Å².